The fraction of sp³-hybridized carbons (Fsp3) is 0.391. The first kappa shape index (κ1) is 41.8. The van der Waals surface area contributed by atoms with Gasteiger partial charge in [-0.15, -0.1) is 0 Å². The van der Waals surface area contributed by atoms with E-state index in [0.717, 1.165) is 67.4 Å². The van der Waals surface area contributed by atoms with Crippen LogP contribution in [0.15, 0.2) is 108 Å². The summed E-state index contributed by atoms with van der Waals surface area (Å²) in [6.45, 7) is 8.35. The third-order valence-corrected chi connectivity index (χ3v) is 10.0. The molecule has 1 unspecified atom stereocenters. The van der Waals surface area contributed by atoms with E-state index < -0.39 is 18.2 Å². The Morgan fingerprint density at radius 2 is 1.54 bits per heavy atom. The van der Waals surface area contributed by atoms with Crippen molar-refractivity contribution in [3.8, 4) is 17.2 Å². The molecule has 0 spiro atoms. The minimum absolute atomic E-state index is 0.0323. The summed E-state index contributed by atoms with van der Waals surface area (Å²) in [5, 5.41) is 27.9. The van der Waals surface area contributed by atoms with Crippen LogP contribution in [0.3, 0.4) is 0 Å². The first-order chi connectivity index (χ1) is 27.3. The zero-order valence-corrected chi connectivity index (χ0v) is 32.8. The van der Waals surface area contributed by atoms with Crippen molar-refractivity contribution in [2.45, 2.75) is 90.6 Å². The molecule has 10 heteroatoms. The topological polar surface area (TPSA) is 142 Å². The summed E-state index contributed by atoms with van der Waals surface area (Å²) in [5.74, 6) is 1.77. The molecule has 298 valence electrons. The number of aliphatic hydroxyl groups is 1. The summed E-state index contributed by atoms with van der Waals surface area (Å²) < 4.78 is 18.3. The molecular weight excluding hydrogens is 707 g/mol. The summed E-state index contributed by atoms with van der Waals surface area (Å²) in [5.41, 5.74) is 3.45. The monoisotopic (exact) mass is 763 g/mol. The lowest BCUT2D eigenvalue weighted by Crippen LogP contribution is -2.35. The summed E-state index contributed by atoms with van der Waals surface area (Å²) in [7, 11) is 0. The zero-order valence-electron chi connectivity index (χ0n) is 32.8. The predicted molar refractivity (Wildman–Crippen MR) is 221 cm³/mol. The number of hydrogen-bond acceptors (Lipinski definition) is 8. The molecule has 56 heavy (non-hydrogen) atoms. The number of rotatable bonds is 22. The lowest BCUT2D eigenvalue weighted by atomic mass is 9.91. The van der Waals surface area contributed by atoms with Crippen molar-refractivity contribution in [2.75, 3.05) is 19.7 Å². The van der Waals surface area contributed by atoms with Crippen LogP contribution in [0.1, 0.15) is 100 Å². The number of pyridine rings is 1. The van der Waals surface area contributed by atoms with E-state index in [1.807, 2.05) is 78.9 Å². The van der Waals surface area contributed by atoms with Gasteiger partial charge in [-0.05, 0) is 103 Å². The molecule has 3 atom stereocenters. The number of benzene rings is 4. The zero-order chi connectivity index (χ0) is 39.7. The van der Waals surface area contributed by atoms with Gasteiger partial charge in [-0.25, -0.2) is 4.79 Å². The van der Waals surface area contributed by atoms with E-state index in [2.05, 4.69) is 36.4 Å². The van der Waals surface area contributed by atoms with Crippen molar-refractivity contribution < 1.29 is 29.2 Å². The second-order valence-corrected chi connectivity index (χ2v) is 14.2. The van der Waals surface area contributed by atoms with Gasteiger partial charge in [0, 0.05) is 18.0 Å². The van der Waals surface area contributed by atoms with Gasteiger partial charge in [0.1, 0.15) is 30.0 Å². The molecule has 1 aromatic heterocycles. The molecule has 0 aliphatic carbocycles. The minimum Gasteiger partial charge on any atom is -0.506 e. The molecule has 0 saturated heterocycles. The lowest BCUT2D eigenvalue weighted by molar-refractivity contribution is 0.0509. The predicted octanol–water partition coefficient (Wildman–Crippen LogP) is 9.11. The number of carbonyl (C=O) groups excluding carboxylic acids is 1. The van der Waals surface area contributed by atoms with Crippen molar-refractivity contribution in [1.82, 2.24) is 15.6 Å². The second-order valence-electron chi connectivity index (χ2n) is 14.2. The van der Waals surface area contributed by atoms with Crippen molar-refractivity contribution in [3.63, 3.8) is 0 Å². The molecule has 5 rings (SSSR count). The van der Waals surface area contributed by atoms with E-state index in [1.54, 1.807) is 12.1 Å². The largest absolute Gasteiger partial charge is 0.506 e. The molecule has 1 amide bonds. The second kappa shape index (κ2) is 21.7. The quantitative estimate of drug-likeness (QED) is 0.0440. The van der Waals surface area contributed by atoms with Crippen LogP contribution in [0.2, 0.25) is 0 Å². The van der Waals surface area contributed by atoms with E-state index in [9.17, 15) is 19.8 Å². The van der Waals surface area contributed by atoms with Gasteiger partial charge < -0.3 is 40.0 Å². The number of unbranched alkanes of at least 4 members (excludes halogenated alkanes) is 1. The normalized spacial score (nSPS) is 12.9. The number of aromatic hydroxyl groups is 1. The van der Waals surface area contributed by atoms with E-state index in [1.165, 1.54) is 12.1 Å². The average Bonchev–Trinajstić information content (AvgIpc) is 3.21. The van der Waals surface area contributed by atoms with E-state index in [0.29, 0.717) is 54.4 Å². The first-order valence-corrected chi connectivity index (χ1v) is 20.0. The number of ether oxygens (including phenoxy) is 3. The summed E-state index contributed by atoms with van der Waals surface area (Å²) in [6, 6.07) is 31.3. The molecule has 1 heterocycles. The maximum Gasteiger partial charge on any atom is 0.408 e. The van der Waals surface area contributed by atoms with E-state index in [-0.39, 0.29) is 17.4 Å². The molecule has 0 radical (unpaired) electrons. The van der Waals surface area contributed by atoms with Crippen molar-refractivity contribution in [2.24, 2.45) is 5.92 Å². The van der Waals surface area contributed by atoms with Gasteiger partial charge in [-0.2, -0.15) is 0 Å². The Kier molecular flexibility index (Phi) is 16.2. The number of phenolic OH excluding ortho intramolecular Hbond substituents is 1. The van der Waals surface area contributed by atoms with Gasteiger partial charge in [-0.1, -0.05) is 94.3 Å². The number of hydrogen-bond donors (Lipinski definition) is 5. The van der Waals surface area contributed by atoms with Gasteiger partial charge in [0.25, 0.3) is 0 Å². The SMILES string of the molecule is CCCC(CCC)[C@H](CC)OC(=O)NC(c1ccccc1)c1cccc(OCc2cccc(OCCCCNC[C@H](O)c3ccc(O)c4[nH]c(=O)ccc34)c2)c1. The molecule has 5 N–H and O–H groups in total. The third kappa shape index (κ3) is 12.1. The first-order valence-electron chi connectivity index (χ1n) is 20.0. The fourth-order valence-electron chi connectivity index (χ4n) is 7.18. The van der Waals surface area contributed by atoms with Crippen LogP contribution in [-0.4, -0.2) is 47.1 Å². The molecule has 10 nitrogen and oxygen atoms in total. The molecule has 0 saturated carbocycles. The maximum atomic E-state index is 13.4. The molecule has 0 fully saturated rings. The minimum atomic E-state index is -0.800. The number of aromatic amines is 1. The number of alkyl carbamates (subject to hydrolysis) is 1. The number of amides is 1. The van der Waals surface area contributed by atoms with Gasteiger partial charge in [0.2, 0.25) is 5.56 Å². The Bertz CT molecular complexity index is 2010. The number of aromatic nitrogens is 1. The third-order valence-electron chi connectivity index (χ3n) is 10.0. The Balaban J connectivity index is 1.10. The Morgan fingerprint density at radius 3 is 2.29 bits per heavy atom. The highest BCUT2D eigenvalue weighted by Crippen LogP contribution is 2.30. The molecule has 5 aromatic rings. The molecule has 0 aliphatic heterocycles. The van der Waals surface area contributed by atoms with Crippen molar-refractivity contribution >= 4 is 17.0 Å². The van der Waals surface area contributed by atoms with Gasteiger partial charge >= 0.3 is 6.09 Å². The van der Waals surface area contributed by atoms with Crippen LogP contribution < -0.4 is 25.7 Å². The van der Waals surface area contributed by atoms with E-state index >= 15 is 0 Å². The average molecular weight is 764 g/mol. The summed E-state index contributed by atoms with van der Waals surface area (Å²) >= 11 is 0. The Labute approximate surface area is 330 Å². The smallest absolute Gasteiger partial charge is 0.408 e. The van der Waals surface area contributed by atoms with Crippen LogP contribution >= 0.6 is 0 Å². The number of phenols is 1. The van der Waals surface area contributed by atoms with Crippen LogP contribution in [0.25, 0.3) is 10.9 Å². The van der Waals surface area contributed by atoms with Crippen LogP contribution in [0.5, 0.6) is 17.2 Å². The van der Waals surface area contributed by atoms with Gasteiger partial charge in [0.15, 0.2) is 0 Å². The highest BCUT2D eigenvalue weighted by molar-refractivity contribution is 5.87. The molecule has 4 aromatic carbocycles. The Hall–Kier alpha value is -5.32. The van der Waals surface area contributed by atoms with Crippen LogP contribution in [0.4, 0.5) is 4.79 Å². The van der Waals surface area contributed by atoms with E-state index in [4.69, 9.17) is 14.2 Å². The number of nitrogens with one attached hydrogen (secondary N) is 3. The van der Waals surface area contributed by atoms with Gasteiger partial charge in [0.05, 0.1) is 24.3 Å². The number of carbonyl (C=O) groups is 1. The summed E-state index contributed by atoms with van der Waals surface area (Å²) in [6.07, 6.45) is 5.31. The number of fused-ring (bicyclic) bond motifs is 1. The molecular formula is C46H57N3O7. The number of H-pyrrole nitrogens is 1. The fourth-order valence-corrected chi connectivity index (χ4v) is 7.18. The number of aliphatic hydroxyl groups excluding tert-OH is 1. The van der Waals surface area contributed by atoms with Crippen LogP contribution in [0, 0.1) is 5.92 Å². The molecule has 0 aliphatic rings. The standard InChI is InChI=1S/C46H57N3O7/c1-4-14-33(15-5-2)42(6-3)56-46(53)49-44(34-17-8-7-9-18-34)35-19-13-21-37(29-35)55-31-32-16-12-20-36(28-32)54-27-11-10-26-47-30-41(51)38-22-24-40(50)45-39(38)23-25-43(52)48-45/h7-9,12-13,16-25,28-29,33,41-42,44,47,50-51H,4-6,10-11,14-15,26-27,30-31H2,1-3H3,(H,48,52)(H,49,53)/t41-,42-,44?/m0/s1. The Morgan fingerprint density at radius 1 is 0.804 bits per heavy atom. The maximum absolute atomic E-state index is 13.4. The van der Waals surface area contributed by atoms with Gasteiger partial charge in [-0.3, -0.25) is 4.79 Å². The lowest BCUT2D eigenvalue weighted by Gasteiger charge is -2.27. The highest BCUT2D eigenvalue weighted by Gasteiger charge is 2.25. The highest BCUT2D eigenvalue weighted by atomic mass is 16.6. The van der Waals surface area contributed by atoms with Crippen molar-refractivity contribution in [3.05, 3.63) is 136 Å². The van der Waals surface area contributed by atoms with Crippen LogP contribution in [-0.2, 0) is 11.3 Å². The molecule has 0 bridgehead atoms. The summed E-state index contributed by atoms with van der Waals surface area (Å²) in [4.78, 5) is 27.7. The van der Waals surface area contributed by atoms with Crippen molar-refractivity contribution in [1.29, 1.82) is 0 Å².